The number of hydrogen-bond donors (Lipinski definition) is 1. The molecule has 0 radical (unpaired) electrons. The van der Waals surface area contributed by atoms with Gasteiger partial charge in [0, 0.05) is 39.9 Å². The summed E-state index contributed by atoms with van der Waals surface area (Å²) in [5, 5.41) is 4.15. The van der Waals surface area contributed by atoms with E-state index in [1.807, 2.05) is 0 Å². The van der Waals surface area contributed by atoms with E-state index in [2.05, 4.69) is 29.2 Å². The van der Waals surface area contributed by atoms with Gasteiger partial charge in [-0.15, -0.1) is 0 Å². The molecule has 1 aliphatic rings. The first kappa shape index (κ1) is 14.7. The summed E-state index contributed by atoms with van der Waals surface area (Å²) in [5.41, 5.74) is 0. The summed E-state index contributed by atoms with van der Waals surface area (Å²) < 4.78 is 5.01. The molecule has 4 nitrogen and oxygen atoms in total. The van der Waals surface area contributed by atoms with Crippen molar-refractivity contribution in [3.8, 4) is 0 Å². The molecule has 1 saturated heterocycles. The molecule has 0 bridgehead atoms. The van der Waals surface area contributed by atoms with Crippen molar-refractivity contribution in [2.24, 2.45) is 0 Å². The molecule has 5 heteroatoms. The van der Waals surface area contributed by atoms with Crippen molar-refractivity contribution >= 4 is 17.3 Å². The molecule has 100 valence electrons. The molecule has 0 aromatic heterocycles. The molecule has 1 rings (SSSR count). The van der Waals surface area contributed by atoms with Crippen LogP contribution >= 0.6 is 12.2 Å². The summed E-state index contributed by atoms with van der Waals surface area (Å²) in [5.74, 6) is 0. The van der Waals surface area contributed by atoms with E-state index < -0.39 is 0 Å². The Morgan fingerprint density at radius 2 is 2.35 bits per heavy atom. The number of nitrogens with zero attached hydrogens (tertiary/aromatic N) is 2. The molecule has 1 fully saturated rings. The minimum atomic E-state index is 0.552. The fraction of sp³-hybridized carbons (Fsp3) is 0.917. The summed E-state index contributed by atoms with van der Waals surface area (Å²) in [4.78, 5) is 4.58. The molecule has 1 atom stereocenters. The SMILES string of the molecule is COCCCNC(=S)N(C)C1CCCN(C)C1. The average Bonchev–Trinajstić information content (AvgIpc) is 2.33. The fourth-order valence-electron chi connectivity index (χ4n) is 2.16. The van der Waals surface area contributed by atoms with Crippen LogP contribution in [0.15, 0.2) is 0 Å². The van der Waals surface area contributed by atoms with Crippen molar-refractivity contribution < 1.29 is 4.74 Å². The number of hydrogen-bond acceptors (Lipinski definition) is 3. The first-order chi connectivity index (χ1) is 8.15. The smallest absolute Gasteiger partial charge is 0.168 e. The number of likely N-dealkylation sites (N-methyl/N-ethyl adjacent to an activating group) is 2. The van der Waals surface area contributed by atoms with E-state index in [-0.39, 0.29) is 0 Å². The van der Waals surface area contributed by atoms with Gasteiger partial charge in [0.25, 0.3) is 0 Å². The predicted octanol–water partition coefficient (Wildman–Crippen LogP) is 0.923. The maximum Gasteiger partial charge on any atom is 0.168 e. The minimum absolute atomic E-state index is 0.552. The number of ether oxygens (including phenoxy) is 1. The highest BCUT2D eigenvalue weighted by Gasteiger charge is 2.22. The first-order valence-corrected chi connectivity index (χ1v) is 6.74. The maximum absolute atomic E-state index is 5.40. The van der Waals surface area contributed by atoms with Gasteiger partial charge in [0.15, 0.2) is 5.11 Å². The lowest BCUT2D eigenvalue weighted by atomic mass is 10.1. The summed E-state index contributed by atoms with van der Waals surface area (Å²) in [7, 11) is 5.99. The molecule has 0 aromatic carbocycles. The van der Waals surface area contributed by atoms with Crippen LogP contribution in [0.5, 0.6) is 0 Å². The summed E-state index contributed by atoms with van der Waals surface area (Å²) in [6.45, 7) is 3.99. The van der Waals surface area contributed by atoms with Crippen LogP contribution in [-0.2, 0) is 4.74 Å². The van der Waals surface area contributed by atoms with Gasteiger partial charge in [-0.05, 0) is 45.1 Å². The third-order valence-electron chi connectivity index (χ3n) is 3.27. The van der Waals surface area contributed by atoms with Crippen LogP contribution in [0.25, 0.3) is 0 Å². The highest BCUT2D eigenvalue weighted by atomic mass is 32.1. The summed E-state index contributed by atoms with van der Waals surface area (Å²) >= 11 is 5.40. The molecule has 0 spiro atoms. The zero-order chi connectivity index (χ0) is 12.7. The van der Waals surface area contributed by atoms with Gasteiger partial charge in [0.05, 0.1) is 0 Å². The Morgan fingerprint density at radius 1 is 1.59 bits per heavy atom. The third-order valence-corrected chi connectivity index (χ3v) is 3.70. The van der Waals surface area contributed by atoms with E-state index in [4.69, 9.17) is 17.0 Å². The van der Waals surface area contributed by atoms with Gasteiger partial charge < -0.3 is 19.9 Å². The zero-order valence-corrected chi connectivity index (χ0v) is 12.1. The van der Waals surface area contributed by atoms with E-state index >= 15 is 0 Å². The lowest BCUT2D eigenvalue weighted by Gasteiger charge is -2.37. The van der Waals surface area contributed by atoms with Crippen LogP contribution in [0.2, 0.25) is 0 Å². The van der Waals surface area contributed by atoms with Gasteiger partial charge in [-0.2, -0.15) is 0 Å². The number of rotatable bonds is 5. The Bertz CT molecular complexity index is 238. The molecule has 0 amide bonds. The van der Waals surface area contributed by atoms with E-state index in [1.54, 1.807) is 7.11 Å². The summed E-state index contributed by atoms with van der Waals surface area (Å²) in [6, 6.07) is 0.552. The Labute approximate surface area is 110 Å². The second-order valence-corrected chi connectivity index (χ2v) is 5.13. The van der Waals surface area contributed by atoms with Crippen LogP contribution in [0.3, 0.4) is 0 Å². The Morgan fingerprint density at radius 3 is 3.00 bits per heavy atom. The molecule has 1 heterocycles. The molecule has 0 aromatic rings. The molecule has 0 aliphatic carbocycles. The lowest BCUT2D eigenvalue weighted by molar-refractivity contribution is 0.179. The topological polar surface area (TPSA) is 27.7 Å². The standard InChI is InChI=1S/C12H25N3OS/c1-14-8-4-6-11(10-14)15(2)12(17)13-7-5-9-16-3/h11H,4-10H2,1-3H3,(H,13,17). The Kier molecular flexibility index (Phi) is 6.77. The van der Waals surface area contributed by atoms with Crippen LogP contribution in [-0.4, -0.2) is 68.4 Å². The van der Waals surface area contributed by atoms with Gasteiger partial charge in [-0.25, -0.2) is 0 Å². The molecule has 0 saturated carbocycles. The number of piperidine rings is 1. The van der Waals surface area contributed by atoms with Crippen LogP contribution in [0, 0.1) is 0 Å². The van der Waals surface area contributed by atoms with Crippen molar-refractivity contribution in [3.05, 3.63) is 0 Å². The third kappa shape index (κ3) is 5.19. The van der Waals surface area contributed by atoms with Gasteiger partial charge in [0.2, 0.25) is 0 Å². The number of thiocarbonyl (C=S) groups is 1. The molecule has 1 unspecified atom stereocenters. The average molecular weight is 259 g/mol. The molecule has 17 heavy (non-hydrogen) atoms. The van der Waals surface area contributed by atoms with Crippen molar-refractivity contribution in [2.75, 3.05) is 47.4 Å². The maximum atomic E-state index is 5.40. The van der Waals surface area contributed by atoms with Crippen LogP contribution < -0.4 is 5.32 Å². The van der Waals surface area contributed by atoms with E-state index in [0.29, 0.717) is 6.04 Å². The minimum Gasteiger partial charge on any atom is -0.385 e. The van der Waals surface area contributed by atoms with Crippen molar-refractivity contribution in [2.45, 2.75) is 25.3 Å². The quantitative estimate of drug-likeness (QED) is 0.585. The number of likely N-dealkylation sites (tertiary alicyclic amines) is 1. The second kappa shape index (κ2) is 7.84. The molecular formula is C12H25N3OS. The second-order valence-electron chi connectivity index (χ2n) is 4.75. The van der Waals surface area contributed by atoms with Crippen molar-refractivity contribution in [1.29, 1.82) is 0 Å². The fourth-order valence-corrected chi connectivity index (χ4v) is 2.41. The number of nitrogens with one attached hydrogen (secondary N) is 1. The van der Waals surface area contributed by atoms with Gasteiger partial charge in [-0.1, -0.05) is 0 Å². The van der Waals surface area contributed by atoms with Crippen LogP contribution in [0.4, 0.5) is 0 Å². The Hall–Kier alpha value is -0.390. The van der Waals surface area contributed by atoms with E-state index in [1.165, 1.54) is 19.4 Å². The highest BCUT2D eigenvalue weighted by molar-refractivity contribution is 7.80. The van der Waals surface area contributed by atoms with Crippen molar-refractivity contribution in [1.82, 2.24) is 15.1 Å². The monoisotopic (exact) mass is 259 g/mol. The predicted molar refractivity (Wildman–Crippen MR) is 75.4 cm³/mol. The normalized spacial score (nSPS) is 21.2. The van der Waals surface area contributed by atoms with Crippen LogP contribution in [0.1, 0.15) is 19.3 Å². The number of methoxy groups -OCH3 is 1. The molecular weight excluding hydrogens is 234 g/mol. The highest BCUT2D eigenvalue weighted by Crippen LogP contribution is 2.13. The van der Waals surface area contributed by atoms with Gasteiger partial charge >= 0.3 is 0 Å². The van der Waals surface area contributed by atoms with Gasteiger partial charge in [-0.3, -0.25) is 0 Å². The van der Waals surface area contributed by atoms with E-state index in [9.17, 15) is 0 Å². The van der Waals surface area contributed by atoms with Crippen molar-refractivity contribution in [3.63, 3.8) is 0 Å². The largest absolute Gasteiger partial charge is 0.385 e. The summed E-state index contributed by atoms with van der Waals surface area (Å²) in [6.07, 6.45) is 3.49. The first-order valence-electron chi connectivity index (χ1n) is 6.33. The van der Waals surface area contributed by atoms with Gasteiger partial charge in [0.1, 0.15) is 0 Å². The molecule has 1 N–H and O–H groups in total. The lowest BCUT2D eigenvalue weighted by Crippen LogP contribution is -2.50. The molecule has 1 aliphatic heterocycles. The zero-order valence-electron chi connectivity index (χ0n) is 11.2. The van der Waals surface area contributed by atoms with E-state index in [0.717, 1.165) is 31.2 Å². The Balaban J connectivity index is 2.25.